The fourth-order valence-corrected chi connectivity index (χ4v) is 4.13. The predicted octanol–water partition coefficient (Wildman–Crippen LogP) is 2.96. The van der Waals surface area contributed by atoms with Crippen LogP contribution in [0.5, 0.6) is 0 Å². The number of carbonyl (C=O) groups excluding carboxylic acids is 2. The Morgan fingerprint density at radius 2 is 1.23 bits per heavy atom. The van der Waals surface area contributed by atoms with Crippen LogP contribution in [0.15, 0.2) is 48.4 Å². The fourth-order valence-electron chi connectivity index (χ4n) is 3.44. The Morgan fingerprint density at radius 3 is 1.71 bits per heavy atom. The second-order valence-corrected chi connectivity index (χ2v) is 9.44. The quantitative estimate of drug-likeness (QED) is 0.0914. The van der Waals surface area contributed by atoms with Gasteiger partial charge in [0, 0.05) is 0 Å². The second kappa shape index (κ2) is 19.7. The summed E-state index contributed by atoms with van der Waals surface area (Å²) in [5.41, 5.74) is -0.838. The van der Waals surface area contributed by atoms with Crippen molar-refractivity contribution in [2.45, 2.75) is 81.9 Å². The van der Waals surface area contributed by atoms with Crippen molar-refractivity contribution in [3.63, 3.8) is 0 Å². The minimum Gasteiger partial charge on any atom is -0.744 e. The average Bonchev–Trinajstić information content (AvgIpc) is 2.81. The Kier molecular flexibility index (Phi) is 18.9. The molecule has 0 aliphatic carbocycles. The van der Waals surface area contributed by atoms with Crippen LogP contribution in [-0.2, 0) is 19.6 Å². The Hall–Kier alpha value is -1.45. The third-order valence-electron chi connectivity index (χ3n) is 5.29. The van der Waals surface area contributed by atoms with Gasteiger partial charge in [0.25, 0.3) is 0 Å². The van der Waals surface area contributed by atoms with Crippen molar-refractivity contribution in [1.82, 2.24) is 0 Å². The molecule has 35 heavy (non-hydrogen) atoms. The smallest absolute Gasteiger partial charge is 0.744 e. The molecule has 0 radical (unpaired) electrons. The molecule has 0 aliphatic rings. The van der Waals surface area contributed by atoms with E-state index in [9.17, 15) is 22.6 Å². The number of unbranched alkanes of at least 4 members (excludes halogenated alkanes) is 10. The summed E-state index contributed by atoms with van der Waals surface area (Å²) in [5.74, 6) is -1.87. The second-order valence-electron chi connectivity index (χ2n) is 8.09. The monoisotopic (exact) mass is 516 g/mol. The fraction of sp³-hybridized carbons (Fsp3) is 0.538. The Morgan fingerprint density at radius 1 is 0.771 bits per heavy atom. The number of ether oxygens (including phenoxy) is 2. The topological polar surface area (TPSA) is 110 Å². The van der Waals surface area contributed by atoms with Crippen molar-refractivity contribution in [2.75, 3.05) is 13.2 Å². The maximum atomic E-state index is 12.7. The van der Waals surface area contributed by atoms with Crippen LogP contribution in [0.4, 0.5) is 0 Å². The standard InChI is InChI=1S/C26H38O7S.Na/c1-3-5-7-9-11-13-15-20-32-25(27)22-18-17-19-23(34(29,30)31)24(22)26(28)33-21-16-14-12-10-8-6-4-2;/h3-4,17-19H,1-2,5-16,20-21H2,(H,29,30,31);/q;+1/p-1. The molecule has 9 heteroatoms. The molecule has 0 amide bonds. The van der Waals surface area contributed by atoms with Crippen molar-refractivity contribution in [3.05, 3.63) is 54.6 Å². The van der Waals surface area contributed by atoms with Crippen molar-refractivity contribution < 1.29 is 61.6 Å². The number of allylic oxidation sites excluding steroid dienone is 2. The molecule has 0 N–H and O–H groups in total. The molecule has 1 rings (SSSR count). The van der Waals surface area contributed by atoms with Crippen molar-refractivity contribution >= 4 is 22.1 Å². The van der Waals surface area contributed by atoms with E-state index in [2.05, 4.69) is 13.2 Å². The molecule has 1 aromatic rings. The van der Waals surface area contributed by atoms with Gasteiger partial charge in [-0.2, -0.15) is 0 Å². The summed E-state index contributed by atoms with van der Waals surface area (Å²) in [6.07, 6.45) is 14.9. The molecule has 0 spiro atoms. The van der Waals surface area contributed by atoms with Gasteiger partial charge in [-0.15, -0.1) is 13.2 Å². The van der Waals surface area contributed by atoms with E-state index in [4.69, 9.17) is 9.47 Å². The first-order valence-electron chi connectivity index (χ1n) is 12.0. The first-order valence-corrected chi connectivity index (χ1v) is 13.4. The van der Waals surface area contributed by atoms with Gasteiger partial charge in [-0.05, 0) is 50.7 Å². The molecule has 0 fully saturated rings. The molecule has 0 saturated heterocycles. The third kappa shape index (κ3) is 14.0. The van der Waals surface area contributed by atoms with Gasteiger partial charge in [-0.25, -0.2) is 18.0 Å². The van der Waals surface area contributed by atoms with Crippen molar-refractivity contribution in [3.8, 4) is 0 Å². The van der Waals surface area contributed by atoms with Crippen LogP contribution in [0.2, 0.25) is 0 Å². The van der Waals surface area contributed by atoms with Crippen LogP contribution < -0.4 is 29.6 Å². The molecular formula is C26H37NaO7S. The summed E-state index contributed by atoms with van der Waals surface area (Å²) in [6, 6.07) is 3.50. The number of carbonyl (C=O) groups is 2. The minimum atomic E-state index is -5.00. The molecule has 1 aromatic carbocycles. The van der Waals surface area contributed by atoms with Crippen LogP contribution in [0, 0.1) is 0 Å². The van der Waals surface area contributed by atoms with E-state index in [1.54, 1.807) is 0 Å². The van der Waals surface area contributed by atoms with E-state index in [0.717, 1.165) is 70.3 Å². The summed E-state index contributed by atoms with van der Waals surface area (Å²) in [7, 11) is -5.00. The van der Waals surface area contributed by atoms with Crippen LogP contribution in [-0.4, -0.2) is 38.1 Å². The Balaban J connectivity index is 0.0000116. The van der Waals surface area contributed by atoms with Gasteiger partial charge in [-0.3, -0.25) is 0 Å². The Labute approximate surface area is 232 Å². The molecule has 7 nitrogen and oxygen atoms in total. The maximum absolute atomic E-state index is 12.7. The molecule has 0 unspecified atom stereocenters. The molecule has 190 valence electrons. The first kappa shape index (κ1) is 33.5. The number of benzene rings is 1. The average molecular weight is 517 g/mol. The number of rotatable bonds is 19. The van der Waals surface area contributed by atoms with Gasteiger partial charge in [0.15, 0.2) is 0 Å². The summed E-state index contributed by atoms with van der Waals surface area (Å²) in [6.45, 7) is 7.56. The molecule has 0 bridgehead atoms. The van der Waals surface area contributed by atoms with Crippen molar-refractivity contribution in [2.24, 2.45) is 0 Å². The van der Waals surface area contributed by atoms with E-state index < -0.39 is 32.5 Å². The van der Waals surface area contributed by atoms with Gasteiger partial charge in [0.1, 0.15) is 10.1 Å². The third-order valence-corrected chi connectivity index (χ3v) is 6.17. The normalized spacial score (nSPS) is 10.8. The number of hydrogen-bond acceptors (Lipinski definition) is 7. The maximum Gasteiger partial charge on any atom is 1.00 e. The molecule has 0 aromatic heterocycles. The van der Waals surface area contributed by atoms with E-state index in [0.29, 0.717) is 12.8 Å². The van der Waals surface area contributed by atoms with E-state index >= 15 is 0 Å². The molecule has 0 aliphatic heterocycles. The van der Waals surface area contributed by atoms with Gasteiger partial charge >= 0.3 is 41.5 Å². The zero-order chi connectivity index (χ0) is 25.2. The molecular weight excluding hydrogens is 479 g/mol. The molecule has 0 atom stereocenters. The summed E-state index contributed by atoms with van der Waals surface area (Å²) in [5, 5.41) is 0. The van der Waals surface area contributed by atoms with Crippen LogP contribution >= 0.6 is 0 Å². The first-order chi connectivity index (χ1) is 16.3. The van der Waals surface area contributed by atoms with Crippen LogP contribution in [0.3, 0.4) is 0 Å². The number of esters is 2. The summed E-state index contributed by atoms with van der Waals surface area (Å²) >= 11 is 0. The van der Waals surface area contributed by atoms with Gasteiger partial charge in [-0.1, -0.05) is 56.7 Å². The Bertz CT molecular complexity index is 897. The van der Waals surface area contributed by atoms with Gasteiger partial charge in [0.05, 0.1) is 29.2 Å². The largest absolute Gasteiger partial charge is 1.00 e. The van der Waals surface area contributed by atoms with Crippen LogP contribution in [0.25, 0.3) is 0 Å². The van der Waals surface area contributed by atoms with Crippen molar-refractivity contribution in [1.29, 1.82) is 0 Å². The summed E-state index contributed by atoms with van der Waals surface area (Å²) in [4.78, 5) is 24.5. The summed E-state index contributed by atoms with van der Waals surface area (Å²) < 4.78 is 45.6. The minimum absolute atomic E-state index is 0. The predicted molar refractivity (Wildman–Crippen MR) is 131 cm³/mol. The molecule has 0 heterocycles. The van der Waals surface area contributed by atoms with Crippen LogP contribution in [0.1, 0.15) is 97.8 Å². The van der Waals surface area contributed by atoms with E-state index in [1.807, 2.05) is 12.2 Å². The van der Waals surface area contributed by atoms with Gasteiger partial charge < -0.3 is 14.0 Å². The number of hydrogen-bond donors (Lipinski definition) is 0. The zero-order valence-electron chi connectivity index (χ0n) is 21.0. The zero-order valence-corrected chi connectivity index (χ0v) is 23.8. The van der Waals surface area contributed by atoms with E-state index in [1.165, 1.54) is 12.1 Å². The SMILES string of the molecule is C=CCCCCCCCOC(=O)c1cccc(S(=O)(=O)[O-])c1C(=O)OCCCCCCCC=C.[Na+]. The molecule has 0 saturated carbocycles. The van der Waals surface area contributed by atoms with E-state index in [-0.39, 0.29) is 48.3 Å². The van der Waals surface area contributed by atoms with Gasteiger partial charge in [0.2, 0.25) is 0 Å².